The van der Waals surface area contributed by atoms with Crippen LogP contribution in [0.25, 0.3) is 10.8 Å². The third kappa shape index (κ3) is 5.40. The van der Waals surface area contributed by atoms with Crippen LogP contribution in [0.15, 0.2) is 58.3 Å². The van der Waals surface area contributed by atoms with E-state index in [1.165, 1.54) is 6.92 Å². The van der Waals surface area contributed by atoms with E-state index < -0.39 is 55.4 Å². The number of halogens is 1. The number of esters is 1. The lowest BCUT2D eigenvalue weighted by molar-refractivity contribution is -0.143. The van der Waals surface area contributed by atoms with Gasteiger partial charge in [0.15, 0.2) is 6.29 Å². The zero-order chi connectivity index (χ0) is 26.0. The van der Waals surface area contributed by atoms with E-state index in [4.69, 9.17) is 13.8 Å². The van der Waals surface area contributed by atoms with Crippen molar-refractivity contribution < 1.29 is 37.4 Å². The van der Waals surface area contributed by atoms with Crippen LogP contribution in [0, 0.1) is 5.82 Å². The number of benzene rings is 2. The van der Waals surface area contributed by atoms with E-state index >= 15 is 0 Å². The highest BCUT2D eigenvalue weighted by Gasteiger charge is 2.44. The number of aliphatic hydroxyl groups excluding tert-OH is 1. The molecule has 1 fully saturated rings. The minimum Gasteiger partial charge on any atom is -0.468 e. The summed E-state index contributed by atoms with van der Waals surface area (Å²) in [6, 6.07) is 11.0. The number of fused-ring (bicyclic) bond motifs is 1. The summed E-state index contributed by atoms with van der Waals surface area (Å²) in [5, 5.41) is 14.3. The maximum absolute atomic E-state index is 13.8. The minimum absolute atomic E-state index is 0.156. The molecule has 0 radical (unpaired) electrons. The van der Waals surface area contributed by atoms with Crippen molar-refractivity contribution in [3.05, 3.63) is 75.3 Å². The Balaban J connectivity index is 1.63. The molecular formula is C22H23FN3O9P. The average molecular weight is 523 g/mol. The Hall–Kier alpha value is -3.35. The molecule has 14 heteroatoms. The fraction of sp³-hybridized carbons (Fsp3) is 0.318. The van der Waals surface area contributed by atoms with Gasteiger partial charge in [0.1, 0.15) is 24.1 Å². The lowest BCUT2D eigenvalue weighted by Crippen LogP contribution is -2.37. The van der Waals surface area contributed by atoms with Gasteiger partial charge in [0.05, 0.1) is 13.3 Å². The number of rotatable bonds is 8. The minimum atomic E-state index is -4.46. The number of methoxy groups -OCH3 is 1. The summed E-state index contributed by atoms with van der Waals surface area (Å²) in [7, 11) is -3.31. The molecule has 5 atom stereocenters. The smallest absolute Gasteiger partial charge is 0.461 e. The molecular weight excluding hydrogens is 500 g/mol. The van der Waals surface area contributed by atoms with Crippen molar-refractivity contribution in [3.8, 4) is 5.75 Å². The van der Waals surface area contributed by atoms with Crippen LogP contribution < -0.4 is 20.9 Å². The summed E-state index contributed by atoms with van der Waals surface area (Å²) >= 11 is 0. The third-order valence-corrected chi connectivity index (χ3v) is 7.03. The van der Waals surface area contributed by atoms with Gasteiger partial charge in [0.2, 0.25) is 5.82 Å². The van der Waals surface area contributed by atoms with Gasteiger partial charge in [-0.05, 0) is 18.4 Å². The van der Waals surface area contributed by atoms with Crippen LogP contribution in [-0.4, -0.2) is 46.2 Å². The first-order valence-electron chi connectivity index (χ1n) is 10.8. The molecule has 12 nitrogen and oxygen atoms in total. The fourth-order valence-electron chi connectivity index (χ4n) is 3.65. The Labute approximate surface area is 203 Å². The Bertz CT molecular complexity index is 1440. The first-order chi connectivity index (χ1) is 17.1. The molecule has 1 saturated heterocycles. The summed E-state index contributed by atoms with van der Waals surface area (Å²) in [6.45, 7) is 1.37. The third-order valence-electron chi connectivity index (χ3n) is 5.40. The Morgan fingerprint density at radius 3 is 2.75 bits per heavy atom. The van der Waals surface area contributed by atoms with Gasteiger partial charge in [0, 0.05) is 11.8 Å². The molecule has 1 unspecified atom stereocenters. The SMILES string of the molecule is COC(=O)[C@H](C)NP(=O)(Oc1cccc2ccccc12)O[C@H]1O[C@@H](n2cc(F)c(=O)[nH]c2=O)C[C@H]1O. The topological polar surface area (TPSA) is 158 Å². The van der Waals surface area contributed by atoms with Crippen LogP contribution >= 0.6 is 7.75 Å². The second-order valence-electron chi connectivity index (χ2n) is 7.95. The molecule has 3 aromatic rings. The van der Waals surface area contributed by atoms with Crippen LogP contribution in [0.2, 0.25) is 0 Å². The number of aromatic amines is 1. The highest BCUT2D eigenvalue weighted by Crippen LogP contribution is 2.50. The van der Waals surface area contributed by atoms with Gasteiger partial charge in [-0.2, -0.15) is 9.48 Å². The second kappa shape index (κ2) is 10.3. The summed E-state index contributed by atoms with van der Waals surface area (Å²) in [4.78, 5) is 37.2. The molecule has 2 heterocycles. The Morgan fingerprint density at radius 1 is 1.28 bits per heavy atom. The molecule has 2 aromatic carbocycles. The number of H-pyrrole nitrogens is 1. The van der Waals surface area contributed by atoms with Gasteiger partial charge < -0.3 is 19.1 Å². The maximum atomic E-state index is 13.8. The van der Waals surface area contributed by atoms with Crippen molar-refractivity contribution in [2.24, 2.45) is 0 Å². The highest BCUT2D eigenvalue weighted by molar-refractivity contribution is 7.52. The number of hydrogen-bond acceptors (Lipinski definition) is 9. The number of aliphatic hydroxyl groups is 1. The van der Waals surface area contributed by atoms with Crippen molar-refractivity contribution in [2.45, 2.75) is 38.0 Å². The normalized spacial score (nSPS) is 22.2. The number of carbonyl (C=O) groups excluding carboxylic acids is 1. The van der Waals surface area contributed by atoms with Crippen LogP contribution in [0.4, 0.5) is 4.39 Å². The fourth-order valence-corrected chi connectivity index (χ4v) is 5.27. The van der Waals surface area contributed by atoms with E-state index in [9.17, 15) is 28.4 Å². The molecule has 0 aliphatic carbocycles. The molecule has 0 spiro atoms. The number of carbonyl (C=O) groups is 1. The highest BCUT2D eigenvalue weighted by atomic mass is 31.2. The first kappa shape index (κ1) is 25.7. The number of aromatic nitrogens is 2. The van der Waals surface area contributed by atoms with E-state index in [0.29, 0.717) is 11.6 Å². The van der Waals surface area contributed by atoms with E-state index in [1.807, 2.05) is 18.2 Å². The first-order valence-corrected chi connectivity index (χ1v) is 12.3. The van der Waals surface area contributed by atoms with Crippen LogP contribution in [0.1, 0.15) is 19.6 Å². The molecule has 192 valence electrons. The van der Waals surface area contributed by atoms with Gasteiger partial charge in [-0.1, -0.05) is 36.4 Å². The van der Waals surface area contributed by atoms with Crippen molar-refractivity contribution in [1.82, 2.24) is 14.6 Å². The van der Waals surface area contributed by atoms with Gasteiger partial charge >= 0.3 is 19.4 Å². The van der Waals surface area contributed by atoms with Gasteiger partial charge in [-0.25, -0.2) is 9.36 Å². The van der Waals surface area contributed by atoms with E-state index in [0.717, 1.165) is 17.1 Å². The summed E-state index contributed by atoms with van der Waals surface area (Å²) in [5.74, 6) is -1.85. The largest absolute Gasteiger partial charge is 0.468 e. The molecule has 1 aliphatic heterocycles. The van der Waals surface area contributed by atoms with Gasteiger partial charge in [-0.15, -0.1) is 0 Å². The Morgan fingerprint density at radius 2 is 2.00 bits per heavy atom. The molecule has 36 heavy (non-hydrogen) atoms. The quantitative estimate of drug-likeness (QED) is 0.294. The molecule has 3 N–H and O–H groups in total. The zero-order valence-corrected chi connectivity index (χ0v) is 20.0. The lowest BCUT2D eigenvalue weighted by atomic mass is 10.1. The number of hydrogen-bond donors (Lipinski definition) is 3. The molecule has 4 rings (SSSR count). The predicted octanol–water partition coefficient (Wildman–Crippen LogP) is 1.79. The van der Waals surface area contributed by atoms with Crippen molar-refractivity contribution in [2.75, 3.05) is 7.11 Å². The average Bonchev–Trinajstić information content (AvgIpc) is 3.20. The van der Waals surface area contributed by atoms with Crippen LogP contribution in [0.3, 0.4) is 0 Å². The van der Waals surface area contributed by atoms with E-state index in [2.05, 4.69) is 9.82 Å². The number of nitrogens with one attached hydrogen (secondary N) is 2. The molecule has 1 aliphatic rings. The monoisotopic (exact) mass is 523 g/mol. The molecule has 0 bridgehead atoms. The summed E-state index contributed by atoms with van der Waals surface area (Å²) < 4.78 is 49.7. The van der Waals surface area contributed by atoms with Crippen LogP contribution in [-0.2, 0) is 23.4 Å². The van der Waals surface area contributed by atoms with Crippen molar-refractivity contribution in [3.63, 3.8) is 0 Å². The lowest BCUT2D eigenvalue weighted by Gasteiger charge is -2.26. The number of ether oxygens (including phenoxy) is 2. The molecule has 1 aromatic heterocycles. The number of nitrogens with zero attached hydrogens (tertiary/aromatic N) is 1. The predicted molar refractivity (Wildman–Crippen MR) is 124 cm³/mol. The second-order valence-corrected chi connectivity index (χ2v) is 9.60. The maximum Gasteiger partial charge on any atom is 0.461 e. The van der Waals surface area contributed by atoms with Crippen LogP contribution in [0.5, 0.6) is 5.75 Å². The van der Waals surface area contributed by atoms with E-state index in [1.54, 1.807) is 29.2 Å². The van der Waals surface area contributed by atoms with Gasteiger partial charge in [0.25, 0.3) is 5.56 Å². The van der Waals surface area contributed by atoms with Gasteiger partial charge in [-0.3, -0.25) is 23.7 Å². The van der Waals surface area contributed by atoms with E-state index in [-0.39, 0.29) is 12.2 Å². The zero-order valence-electron chi connectivity index (χ0n) is 19.1. The summed E-state index contributed by atoms with van der Waals surface area (Å²) in [5.41, 5.74) is -2.19. The molecule has 0 saturated carbocycles. The standard InChI is InChI=1S/C22H23FN3O9P/c1-12(20(29)32-2)25-36(31,34-17-9-5-7-13-6-3-4-8-14(13)17)35-21-16(27)10-18(33-21)26-11-15(23)19(28)24-22(26)30/h3-9,11-12,16,18,21,27H,10H2,1-2H3,(H,25,31)(H,24,28,30)/t12-,16+,18+,21+,36?/m0/s1. The molecule has 0 amide bonds. The van der Waals surface area contributed by atoms with Crippen molar-refractivity contribution >= 4 is 24.5 Å². The van der Waals surface area contributed by atoms with Crippen molar-refractivity contribution in [1.29, 1.82) is 0 Å². The summed E-state index contributed by atoms with van der Waals surface area (Å²) in [6.07, 6.45) is -3.94. The Kier molecular flexibility index (Phi) is 7.38.